The summed E-state index contributed by atoms with van der Waals surface area (Å²) in [6.07, 6.45) is -2.87. The number of carbonyl (C=O) groups excluding carboxylic acids is 1. The molecule has 0 saturated carbocycles. The molecule has 94 valence electrons. The normalized spacial score (nSPS) is 10.4. The Morgan fingerprint density at radius 1 is 1.53 bits per heavy atom. The van der Waals surface area contributed by atoms with E-state index in [1.807, 2.05) is 0 Å². The van der Waals surface area contributed by atoms with Crippen LogP contribution >= 0.6 is 0 Å². The van der Waals surface area contributed by atoms with Crippen LogP contribution < -0.4 is 10.3 Å². The molecule has 7 heteroatoms. The predicted octanol–water partition coefficient (Wildman–Crippen LogP) is 1.50. The maximum Gasteiger partial charge on any atom is 0.343 e. The SMILES string of the molecule is CCOC(=O)c1cc(C(F)F)c(OC)[nH]c1=O. The average molecular weight is 247 g/mol. The van der Waals surface area contributed by atoms with Gasteiger partial charge in [0.1, 0.15) is 5.56 Å². The van der Waals surface area contributed by atoms with E-state index in [4.69, 9.17) is 0 Å². The zero-order chi connectivity index (χ0) is 13.0. The van der Waals surface area contributed by atoms with Crippen molar-refractivity contribution < 1.29 is 23.0 Å². The fourth-order valence-electron chi connectivity index (χ4n) is 1.22. The molecule has 0 amide bonds. The Balaban J connectivity index is 3.29. The number of nitrogens with one attached hydrogen (secondary N) is 1. The molecule has 0 unspecified atom stereocenters. The zero-order valence-corrected chi connectivity index (χ0v) is 9.25. The zero-order valence-electron chi connectivity index (χ0n) is 9.25. The summed E-state index contributed by atoms with van der Waals surface area (Å²) in [5.74, 6) is -1.31. The Labute approximate surface area is 95.4 Å². The van der Waals surface area contributed by atoms with Crippen molar-refractivity contribution in [3.05, 3.63) is 27.5 Å². The third kappa shape index (κ3) is 2.80. The highest BCUT2D eigenvalue weighted by atomic mass is 19.3. The van der Waals surface area contributed by atoms with Crippen LogP contribution in [0, 0.1) is 0 Å². The lowest BCUT2D eigenvalue weighted by Gasteiger charge is -2.08. The smallest absolute Gasteiger partial charge is 0.343 e. The van der Waals surface area contributed by atoms with Crippen molar-refractivity contribution >= 4 is 5.97 Å². The van der Waals surface area contributed by atoms with Crippen molar-refractivity contribution in [1.29, 1.82) is 0 Å². The van der Waals surface area contributed by atoms with Crippen molar-refractivity contribution in [2.45, 2.75) is 13.3 Å². The van der Waals surface area contributed by atoms with Gasteiger partial charge in [-0.1, -0.05) is 0 Å². The van der Waals surface area contributed by atoms with Crippen molar-refractivity contribution in [3.8, 4) is 5.88 Å². The molecule has 0 fully saturated rings. The van der Waals surface area contributed by atoms with Crippen LogP contribution in [0.5, 0.6) is 5.88 Å². The van der Waals surface area contributed by atoms with Crippen molar-refractivity contribution in [1.82, 2.24) is 4.98 Å². The standard InChI is InChI=1S/C10H11F2NO4/c1-3-17-10(15)6-4-5(7(11)12)9(16-2)13-8(6)14/h4,7H,3H2,1-2H3,(H,13,14). The molecule has 5 nitrogen and oxygen atoms in total. The number of H-pyrrole nitrogens is 1. The second kappa shape index (κ2) is 5.42. The number of alkyl halides is 2. The van der Waals surface area contributed by atoms with Crippen LogP contribution in [0.3, 0.4) is 0 Å². The van der Waals surface area contributed by atoms with E-state index >= 15 is 0 Å². The van der Waals surface area contributed by atoms with Gasteiger partial charge in [-0.15, -0.1) is 0 Å². The fraction of sp³-hybridized carbons (Fsp3) is 0.400. The molecule has 0 spiro atoms. The van der Waals surface area contributed by atoms with Gasteiger partial charge in [0.05, 0.1) is 19.3 Å². The second-order valence-electron chi connectivity index (χ2n) is 3.02. The number of ether oxygens (including phenoxy) is 2. The van der Waals surface area contributed by atoms with Crippen molar-refractivity contribution in [2.75, 3.05) is 13.7 Å². The monoisotopic (exact) mass is 247 g/mol. The quantitative estimate of drug-likeness (QED) is 0.818. The average Bonchev–Trinajstić information content (AvgIpc) is 2.28. The third-order valence-electron chi connectivity index (χ3n) is 1.97. The van der Waals surface area contributed by atoms with Gasteiger partial charge in [-0.3, -0.25) is 9.78 Å². The van der Waals surface area contributed by atoms with Crippen LogP contribution in [-0.2, 0) is 4.74 Å². The number of carbonyl (C=O) groups is 1. The molecule has 0 aliphatic rings. The first-order valence-electron chi connectivity index (χ1n) is 4.77. The molecule has 0 radical (unpaired) electrons. The van der Waals surface area contributed by atoms with E-state index in [-0.39, 0.29) is 12.5 Å². The van der Waals surface area contributed by atoms with E-state index in [0.29, 0.717) is 0 Å². The number of hydrogen-bond donors (Lipinski definition) is 1. The number of esters is 1. The summed E-state index contributed by atoms with van der Waals surface area (Å²) in [5.41, 5.74) is -1.86. The van der Waals surface area contributed by atoms with Crippen LogP contribution in [0.2, 0.25) is 0 Å². The van der Waals surface area contributed by atoms with Gasteiger partial charge in [0.2, 0.25) is 5.88 Å². The maximum atomic E-state index is 12.6. The van der Waals surface area contributed by atoms with Crippen LogP contribution in [0.15, 0.2) is 10.9 Å². The molecule has 1 aromatic rings. The van der Waals surface area contributed by atoms with Crippen LogP contribution in [0.25, 0.3) is 0 Å². The molecule has 0 aliphatic carbocycles. The number of aromatic amines is 1. The maximum absolute atomic E-state index is 12.6. The van der Waals surface area contributed by atoms with E-state index in [1.54, 1.807) is 6.92 Å². The van der Waals surface area contributed by atoms with E-state index in [9.17, 15) is 18.4 Å². The Morgan fingerprint density at radius 3 is 2.65 bits per heavy atom. The largest absolute Gasteiger partial charge is 0.482 e. The summed E-state index contributed by atoms with van der Waals surface area (Å²) >= 11 is 0. The minimum Gasteiger partial charge on any atom is -0.482 e. The molecule has 0 bridgehead atoms. The van der Waals surface area contributed by atoms with Gasteiger partial charge >= 0.3 is 5.97 Å². The Morgan fingerprint density at radius 2 is 2.18 bits per heavy atom. The number of halogens is 2. The Hall–Kier alpha value is -1.92. The van der Waals surface area contributed by atoms with Crippen LogP contribution in [0.1, 0.15) is 29.3 Å². The Bertz CT molecular complexity index is 470. The van der Waals surface area contributed by atoms with Gasteiger partial charge in [-0.25, -0.2) is 13.6 Å². The summed E-state index contributed by atoms with van der Waals surface area (Å²) in [7, 11) is 1.14. The molecule has 0 saturated heterocycles. The third-order valence-corrected chi connectivity index (χ3v) is 1.97. The minimum atomic E-state index is -2.87. The lowest BCUT2D eigenvalue weighted by Crippen LogP contribution is -2.21. The lowest BCUT2D eigenvalue weighted by molar-refractivity contribution is 0.0523. The molecule has 1 aromatic heterocycles. The van der Waals surface area contributed by atoms with Gasteiger partial charge in [0, 0.05) is 0 Å². The van der Waals surface area contributed by atoms with Crippen molar-refractivity contribution in [3.63, 3.8) is 0 Å². The van der Waals surface area contributed by atoms with E-state index in [2.05, 4.69) is 14.5 Å². The highest BCUT2D eigenvalue weighted by molar-refractivity contribution is 5.89. The molecule has 1 N–H and O–H groups in total. The molecule has 1 rings (SSSR count). The first-order chi connectivity index (χ1) is 8.01. The fourth-order valence-corrected chi connectivity index (χ4v) is 1.22. The number of pyridine rings is 1. The van der Waals surface area contributed by atoms with Crippen LogP contribution in [-0.4, -0.2) is 24.7 Å². The number of aromatic nitrogens is 1. The summed E-state index contributed by atoms with van der Waals surface area (Å²) in [6, 6.07) is 0.778. The summed E-state index contributed by atoms with van der Waals surface area (Å²) in [6.45, 7) is 1.60. The summed E-state index contributed by atoms with van der Waals surface area (Å²) in [4.78, 5) is 24.8. The lowest BCUT2D eigenvalue weighted by atomic mass is 10.2. The number of methoxy groups -OCH3 is 1. The molecular formula is C10H11F2NO4. The van der Waals surface area contributed by atoms with Crippen molar-refractivity contribution in [2.24, 2.45) is 0 Å². The van der Waals surface area contributed by atoms with Crippen LogP contribution in [0.4, 0.5) is 8.78 Å². The van der Waals surface area contributed by atoms with Gasteiger partial charge in [0.15, 0.2) is 0 Å². The summed E-state index contributed by atoms with van der Waals surface area (Å²) < 4.78 is 34.4. The van der Waals surface area contributed by atoms with Gasteiger partial charge in [-0.2, -0.15) is 0 Å². The van der Waals surface area contributed by atoms with Gasteiger partial charge < -0.3 is 9.47 Å². The molecular weight excluding hydrogens is 236 g/mol. The molecule has 0 atom stereocenters. The van der Waals surface area contributed by atoms with E-state index in [0.717, 1.165) is 13.2 Å². The first kappa shape index (κ1) is 13.1. The first-order valence-corrected chi connectivity index (χ1v) is 4.77. The number of hydrogen-bond acceptors (Lipinski definition) is 4. The topological polar surface area (TPSA) is 68.4 Å². The highest BCUT2D eigenvalue weighted by Crippen LogP contribution is 2.26. The Kier molecular flexibility index (Phi) is 4.19. The predicted molar refractivity (Wildman–Crippen MR) is 54.5 cm³/mol. The molecule has 0 aliphatic heterocycles. The van der Waals surface area contributed by atoms with Gasteiger partial charge in [0.25, 0.3) is 12.0 Å². The van der Waals surface area contributed by atoms with E-state index in [1.165, 1.54) is 0 Å². The molecule has 1 heterocycles. The van der Waals surface area contributed by atoms with E-state index < -0.39 is 29.1 Å². The summed E-state index contributed by atoms with van der Waals surface area (Å²) in [5, 5.41) is 0. The molecule has 0 aromatic carbocycles. The number of rotatable bonds is 4. The van der Waals surface area contributed by atoms with Gasteiger partial charge in [-0.05, 0) is 13.0 Å². The molecule has 17 heavy (non-hydrogen) atoms. The minimum absolute atomic E-state index is 0.0499. The highest BCUT2D eigenvalue weighted by Gasteiger charge is 2.21. The second-order valence-corrected chi connectivity index (χ2v) is 3.02.